The lowest BCUT2D eigenvalue weighted by atomic mass is 10.2. The van der Waals surface area contributed by atoms with Gasteiger partial charge in [0.25, 0.3) is 0 Å². The summed E-state index contributed by atoms with van der Waals surface area (Å²) >= 11 is 0. The van der Waals surface area contributed by atoms with Gasteiger partial charge in [0.05, 0.1) is 12.7 Å². The predicted octanol–water partition coefficient (Wildman–Crippen LogP) is 1.12. The predicted molar refractivity (Wildman–Crippen MR) is 44.6 cm³/mol. The van der Waals surface area contributed by atoms with E-state index in [4.69, 9.17) is 4.74 Å². The van der Waals surface area contributed by atoms with Gasteiger partial charge in [-0.1, -0.05) is 13.8 Å². The molecule has 2 nitrogen and oxygen atoms in total. The number of hydrogen-bond acceptors (Lipinski definition) is 2. The van der Waals surface area contributed by atoms with Gasteiger partial charge in [-0.05, 0) is 12.3 Å². The number of morpholine rings is 1. The van der Waals surface area contributed by atoms with Crippen LogP contribution in [0.4, 0.5) is 0 Å². The van der Waals surface area contributed by atoms with Crippen molar-refractivity contribution in [3.05, 3.63) is 0 Å². The van der Waals surface area contributed by atoms with Crippen molar-refractivity contribution in [2.45, 2.75) is 32.4 Å². The first-order valence-corrected chi connectivity index (χ1v) is 4.63. The average molecular weight is 155 g/mol. The van der Waals surface area contributed by atoms with Crippen LogP contribution in [0, 0.1) is 5.92 Å². The maximum Gasteiger partial charge on any atom is 0.0747 e. The minimum absolute atomic E-state index is 0.600. The Balaban J connectivity index is 1.83. The molecule has 0 bridgehead atoms. The third-order valence-electron chi connectivity index (χ3n) is 2.48. The molecular weight excluding hydrogens is 138 g/mol. The van der Waals surface area contributed by atoms with E-state index in [1.165, 1.54) is 13.0 Å². The van der Waals surface area contributed by atoms with Crippen LogP contribution in [0.3, 0.4) is 0 Å². The highest BCUT2D eigenvalue weighted by molar-refractivity contribution is 4.99. The summed E-state index contributed by atoms with van der Waals surface area (Å²) in [7, 11) is 0. The summed E-state index contributed by atoms with van der Waals surface area (Å²) in [5.41, 5.74) is 0. The van der Waals surface area contributed by atoms with Crippen molar-refractivity contribution < 1.29 is 4.74 Å². The summed E-state index contributed by atoms with van der Waals surface area (Å²) in [5, 5.41) is 0. The summed E-state index contributed by atoms with van der Waals surface area (Å²) < 4.78 is 5.52. The first-order valence-electron chi connectivity index (χ1n) is 4.63. The standard InChI is InChI=1S/C9H17NO/c1-7(2)6-10-3-4-11-9-5-8(9)10/h7-9H,3-6H2,1-2H3. The van der Waals surface area contributed by atoms with Crippen LogP contribution in [-0.4, -0.2) is 36.7 Å². The molecule has 1 heterocycles. The van der Waals surface area contributed by atoms with Gasteiger partial charge in [-0.15, -0.1) is 0 Å². The monoisotopic (exact) mass is 155 g/mol. The van der Waals surface area contributed by atoms with E-state index in [1.54, 1.807) is 0 Å². The van der Waals surface area contributed by atoms with E-state index in [0.29, 0.717) is 6.10 Å². The van der Waals surface area contributed by atoms with Crippen LogP contribution in [0.1, 0.15) is 20.3 Å². The van der Waals surface area contributed by atoms with Crippen LogP contribution in [0.2, 0.25) is 0 Å². The molecule has 1 saturated heterocycles. The molecule has 64 valence electrons. The smallest absolute Gasteiger partial charge is 0.0747 e. The van der Waals surface area contributed by atoms with E-state index in [9.17, 15) is 0 Å². The second-order valence-electron chi connectivity index (χ2n) is 4.10. The molecule has 0 aromatic rings. The number of rotatable bonds is 2. The van der Waals surface area contributed by atoms with Crippen LogP contribution in [0.25, 0.3) is 0 Å². The van der Waals surface area contributed by atoms with Gasteiger partial charge in [0.2, 0.25) is 0 Å². The number of nitrogens with zero attached hydrogens (tertiary/aromatic N) is 1. The molecule has 0 aromatic carbocycles. The molecule has 2 unspecified atom stereocenters. The second-order valence-corrected chi connectivity index (χ2v) is 4.10. The van der Waals surface area contributed by atoms with Crippen LogP contribution in [0.5, 0.6) is 0 Å². The van der Waals surface area contributed by atoms with Crippen LogP contribution < -0.4 is 0 Å². The molecule has 1 aliphatic carbocycles. The van der Waals surface area contributed by atoms with E-state index in [0.717, 1.165) is 25.1 Å². The summed E-state index contributed by atoms with van der Waals surface area (Å²) in [5.74, 6) is 0.800. The highest BCUT2D eigenvalue weighted by Gasteiger charge is 2.45. The maximum absolute atomic E-state index is 5.52. The van der Waals surface area contributed by atoms with Crippen molar-refractivity contribution in [3.8, 4) is 0 Å². The SMILES string of the molecule is CC(C)CN1CCOC2CC21. The van der Waals surface area contributed by atoms with Crippen molar-refractivity contribution >= 4 is 0 Å². The Kier molecular flexibility index (Phi) is 1.90. The Morgan fingerprint density at radius 1 is 1.55 bits per heavy atom. The van der Waals surface area contributed by atoms with Crippen LogP contribution in [0.15, 0.2) is 0 Å². The number of ether oxygens (including phenoxy) is 1. The molecule has 11 heavy (non-hydrogen) atoms. The first-order chi connectivity index (χ1) is 5.27. The van der Waals surface area contributed by atoms with E-state index in [1.807, 2.05) is 0 Å². The van der Waals surface area contributed by atoms with Gasteiger partial charge in [-0.25, -0.2) is 0 Å². The Morgan fingerprint density at radius 2 is 2.36 bits per heavy atom. The van der Waals surface area contributed by atoms with Gasteiger partial charge in [0, 0.05) is 19.1 Å². The van der Waals surface area contributed by atoms with Crippen molar-refractivity contribution in [2.24, 2.45) is 5.92 Å². The molecular formula is C9H17NO. The van der Waals surface area contributed by atoms with Crippen molar-refractivity contribution in [3.63, 3.8) is 0 Å². The lowest BCUT2D eigenvalue weighted by Gasteiger charge is -2.27. The Morgan fingerprint density at radius 3 is 3.09 bits per heavy atom. The molecule has 2 aliphatic rings. The van der Waals surface area contributed by atoms with Crippen LogP contribution >= 0.6 is 0 Å². The first kappa shape index (κ1) is 7.56. The molecule has 2 atom stereocenters. The molecule has 2 heteroatoms. The van der Waals surface area contributed by atoms with E-state index in [2.05, 4.69) is 18.7 Å². The summed E-state index contributed by atoms with van der Waals surface area (Å²) in [6.07, 6.45) is 1.88. The zero-order valence-electron chi connectivity index (χ0n) is 7.42. The zero-order chi connectivity index (χ0) is 7.84. The zero-order valence-corrected chi connectivity index (χ0v) is 7.42. The highest BCUT2D eigenvalue weighted by atomic mass is 16.5. The van der Waals surface area contributed by atoms with Crippen molar-refractivity contribution in [2.75, 3.05) is 19.7 Å². The second kappa shape index (κ2) is 2.76. The van der Waals surface area contributed by atoms with E-state index in [-0.39, 0.29) is 0 Å². The fourth-order valence-corrected chi connectivity index (χ4v) is 1.91. The third kappa shape index (κ3) is 1.57. The van der Waals surface area contributed by atoms with Crippen LogP contribution in [-0.2, 0) is 4.74 Å². The van der Waals surface area contributed by atoms with Gasteiger partial charge in [-0.3, -0.25) is 4.90 Å². The maximum atomic E-state index is 5.52. The molecule has 1 aliphatic heterocycles. The van der Waals surface area contributed by atoms with Gasteiger partial charge in [-0.2, -0.15) is 0 Å². The summed E-state index contributed by atoms with van der Waals surface area (Å²) in [6.45, 7) is 7.93. The number of fused-ring (bicyclic) bond motifs is 1. The lowest BCUT2D eigenvalue weighted by Crippen LogP contribution is -2.38. The lowest BCUT2D eigenvalue weighted by molar-refractivity contribution is 0.0267. The molecule has 2 fully saturated rings. The van der Waals surface area contributed by atoms with Gasteiger partial charge >= 0.3 is 0 Å². The molecule has 0 radical (unpaired) electrons. The normalized spacial score (nSPS) is 37.4. The largest absolute Gasteiger partial charge is 0.375 e. The minimum Gasteiger partial charge on any atom is -0.375 e. The Labute approximate surface area is 68.5 Å². The molecule has 0 spiro atoms. The molecule has 2 rings (SSSR count). The topological polar surface area (TPSA) is 12.5 Å². The molecule has 0 amide bonds. The summed E-state index contributed by atoms with van der Waals surface area (Å²) in [6, 6.07) is 0.783. The summed E-state index contributed by atoms with van der Waals surface area (Å²) in [4.78, 5) is 2.58. The highest BCUT2D eigenvalue weighted by Crippen LogP contribution is 2.34. The Bertz CT molecular complexity index is 146. The van der Waals surface area contributed by atoms with Gasteiger partial charge in [0.15, 0.2) is 0 Å². The molecule has 0 N–H and O–H groups in total. The minimum atomic E-state index is 0.600. The molecule has 0 aromatic heterocycles. The van der Waals surface area contributed by atoms with E-state index < -0.39 is 0 Å². The average Bonchev–Trinajstić information content (AvgIpc) is 2.65. The quantitative estimate of drug-likeness (QED) is 0.592. The third-order valence-corrected chi connectivity index (χ3v) is 2.48. The van der Waals surface area contributed by atoms with Crippen molar-refractivity contribution in [1.82, 2.24) is 4.90 Å². The van der Waals surface area contributed by atoms with E-state index >= 15 is 0 Å². The number of hydrogen-bond donors (Lipinski definition) is 0. The fourth-order valence-electron chi connectivity index (χ4n) is 1.91. The fraction of sp³-hybridized carbons (Fsp3) is 1.00. The van der Waals surface area contributed by atoms with Gasteiger partial charge in [0.1, 0.15) is 0 Å². The van der Waals surface area contributed by atoms with Crippen molar-refractivity contribution in [1.29, 1.82) is 0 Å². The Hall–Kier alpha value is -0.0800. The molecule has 1 saturated carbocycles. The van der Waals surface area contributed by atoms with Gasteiger partial charge < -0.3 is 4.74 Å².